The molecule has 2 saturated carbocycles. The normalized spacial score (nSPS) is 47.3. The van der Waals surface area contributed by atoms with Gasteiger partial charge in [0.2, 0.25) is 0 Å². The van der Waals surface area contributed by atoms with Gasteiger partial charge in [0.1, 0.15) is 5.76 Å². The van der Waals surface area contributed by atoms with Crippen molar-refractivity contribution in [2.24, 2.45) is 28.6 Å². The van der Waals surface area contributed by atoms with Gasteiger partial charge < -0.3 is 15.3 Å². The molecule has 0 aromatic rings. The van der Waals surface area contributed by atoms with Crippen LogP contribution in [0.2, 0.25) is 0 Å². The van der Waals surface area contributed by atoms with Crippen LogP contribution >= 0.6 is 0 Å². The minimum Gasteiger partial charge on any atom is -0.507 e. The molecule has 0 spiro atoms. The molecule has 0 aromatic carbocycles. The van der Waals surface area contributed by atoms with Gasteiger partial charge in [0.25, 0.3) is 0 Å². The first-order valence-corrected chi connectivity index (χ1v) is 8.62. The summed E-state index contributed by atoms with van der Waals surface area (Å²) in [5.41, 5.74) is 0.906. The Bertz CT molecular complexity index is 614. The van der Waals surface area contributed by atoms with Crippen LogP contribution in [0.3, 0.4) is 0 Å². The quantitative estimate of drug-likeness (QED) is 0.594. The van der Waals surface area contributed by atoms with Crippen molar-refractivity contribution >= 4 is 0 Å². The lowest BCUT2D eigenvalue weighted by Crippen LogP contribution is -2.48. The average Bonchev–Trinajstić information content (AvgIpc) is 2.89. The number of hydrogen-bond acceptors (Lipinski definition) is 3. The van der Waals surface area contributed by atoms with Crippen LogP contribution in [0.25, 0.3) is 0 Å². The van der Waals surface area contributed by atoms with Crippen LogP contribution in [0.1, 0.15) is 52.4 Å². The van der Waals surface area contributed by atoms with E-state index < -0.39 is 5.41 Å². The van der Waals surface area contributed by atoms with Crippen molar-refractivity contribution in [2.75, 3.05) is 0 Å². The zero-order chi connectivity index (χ0) is 15.7. The molecule has 4 aliphatic carbocycles. The molecule has 0 unspecified atom stereocenters. The molecule has 0 saturated heterocycles. The molecule has 2 fully saturated rings. The van der Waals surface area contributed by atoms with Crippen LogP contribution in [0.4, 0.5) is 0 Å². The van der Waals surface area contributed by atoms with Gasteiger partial charge in [-0.15, -0.1) is 0 Å². The van der Waals surface area contributed by atoms with Crippen LogP contribution < -0.4 is 0 Å². The van der Waals surface area contributed by atoms with Crippen LogP contribution in [0, 0.1) is 28.6 Å². The second kappa shape index (κ2) is 4.33. The van der Waals surface area contributed by atoms with Crippen LogP contribution in [-0.4, -0.2) is 15.3 Å². The highest BCUT2D eigenvalue weighted by molar-refractivity contribution is 5.47. The SMILES string of the molecule is C[C@@]12CCC[C@H]1[C@@H]1CC=C3C=C(O)C(O)=C(O)[C@]3(C)[C@H]1CC2. The summed E-state index contributed by atoms with van der Waals surface area (Å²) >= 11 is 0. The van der Waals surface area contributed by atoms with E-state index in [0.29, 0.717) is 17.3 Å². The highest BCUT2D eigenvalue weighted by atomic mass is 16.3. The predicted molar refractivity (Wildman–Crippen MR) is 85.5 cm³/mol. The Kier molecular flexibility index (Phi) is 2.80. The topological polar surface area (TPSA) is 60.7 Å². The number of hydrogen-bond donors (Lipinski definition) is 3. The van der Waals surface area contributed by atoms with Gasteiger partial charge in [-0.05, 0) is 73.8 Å². The number of fused-ring (bicyclic) bond motifs is 5. The third-order valence-electron chi connectivity index (χ3n) is 7.42. The highest BCUT2D eigenvalue weighted by Crippen LogP contribution is 2.64. The zero-order valence-electron chi connectivity index (χ0n) is 13.5. The molecule has 0 aliphatic heterocycles. The summed E-state index contributed by atoms with van der Waals surface area (Å²) in [6, 6.07) is 0. The van der Waals surface area contributed by atoms with Crippen molar-refractivity contribution in [3.05, 3.63) is 35.0 Å². The fraction of sp³-hybridized carbons (Fsp3) is 0.684. The van der Waals surface area contributed by atoms with Crippen molar-refractivity contribution in [3.63, 3.8) is 0 Å². The molecule has 0 aromatic heterocycles. The third-order valence-corrected chi connectivity index (χ3v) is 7.42. The molecule has 3 nitrogen and oxygen atoms in total. The summed E-state index contributed by atoms with van der Waals surface area (Å²) in [6.45, 7) is 4.49. The van der Waals surface area contributed by atoms with Crippen molar-refractivity contribution in [1.82, 2.24) is 0 Å². The first-order chi connectivity index (χ1) is 10.4. The molecule has 4 aliphatic rings. The summed E-state index contributed by atoms with van der Waals surface area (Å²) in [5, 5.41) is 30.5. The standard InChI is InChI=1S/C19H26O3/c1-18-8-3-4-13(18)12-6-5-11-10-15(20)16(21)17(22)19(11,2)14(12)7-9-18/h5,10,12-14,20-22H,3-4,6-9H2,1-2H3/t12-,13-,14-,18-,19-/m0/s1. The first kappa shape index (κ1) is 14.2. The summed E-state index contributed by atoms with van der Waals surface area (Å²) in [6.07, 6.45) is 11.1. The van der Waals surface area contributed by atoms with Crippen molar-refractivity contribution < 1.29 is 15.3 Å². The Balaban J connectivity index is 1.80. The maximum atomic E-state index is 10.6. The van der Waals surface area contributed by atoms with E-state index in [2.05, 4.69) is 13.0 Å². The summed E-state index contributed by atoms with van der Waals surface area (Å²) in [4.78, 5) is 0. The number of aliphatic hydroxyl groups excluding tert-OH is 3. The number of rotatable bonds is 0. The predicted octanol–water partition coefficient (Wildman–Crippen LogP) is 4.94. The molecule has 4 rings (SSSR count). The largest absolute Gasteiger partial charge is 0.507 e. The van der Waals surface area contributed by atoms with E-state index in [1.54, 1.807) is 6.08 Å². The molecule has 5 atom stereocenters. The van der Waals surface area contributed by atoms with E-state index in [0.717, 1.165) is 24.3 Å². The summed E-state index contributed by atoms with van der Waals surface area (Å²) in [7, 11) is 0. The van der Waals surface area contributed by atoms with E-state index in [-0.39, 0.29) is 17.3 Å². The van der Waals surface area contributed by atoms with Crippen molar-refractivity contribution in [2.45, 2.75) is 52.4 Å². The Labute approximate surface area is 132 Å². The van der Waals surface area contributed by atoms with E-state index >= 15 is 0 Å². The molecule has 3 heteroatoms. The van der Waals surface area contributed by atoms with Gasteiger partial charge in [0.05, 0.1) is 5.41 Å². The lowest BCUT2D eigenvalue weighted by atomic mass is 9.49. The van der Waals surface area contributed by atoms with Gasteiger partial charge in [-0.3, -0.25) is 0 Å². The lowest BCUT2D eigenvalue weighted by molar-refractivity contribution is -0.0182. The van der Waals surface area contributed by atoms with Gasteiger partial charge in [-0.25, -0.2) is 0 Å². The van der Waals surface area contributed by atoms with Gasteiger partial charge in [-0.1, -0.05) is 19.4 Å². The van der Waals surface area contributed by atoms with E-state index in [4.69, 9.17) is 0 Å². The average molecular weight is 302 g/mol. The fourth-order valence-corrected chi connectivity index (χ4v) is 6.12. The molecule has 0 heterocycles. The Morgan fingerprint density at radius 2 is 1.82 bits per heavy atom. The molecule has 22 heavy (non-hydrogen) atoms. The van der Waals surface area contributed by atoms with Crippen LogP contribution in [-0.2, 0) is 0 Å². The molecular weight excluding hydrogens is 276 g/mol. The summed E-state index contributed by atoms with van der Waals surface area (Å²) in [5.74, 6) is 1.10. The Hall–Kier alpha value is -1.38. The Morgan fingerprint density at radius 3 is 2.59 bits per heavy atom. The lowest BCUT2D eigenvalue weighted by Gasteiger charge is -2.55. The first-order valence-electron chi connectivity index (χ1n) is 8.62. The van der Waals surface area contributed by atoms with Crippen molar-refractivity contribution in [1.29, 1.82) is 0 Å². The van der Waals surface area contributed by atoms with E-state index in [1.165, 1.54) is 25.7 Å². The molecule has 0 radical (unpaired) electrons. The van der Waals surface area contributed by atoms with Gasteiger partial charge >= 0.3 is 0 Å². The fourth-order valence-electron chi connectivity index (χ4n) is 6.12. The Morgan fingerprint density at radius 1 is 1.05 bits per heavy atom. The molecular formula is C19H26O3. The molecule has 0 amide bonds. The molecule has 120 valence electrons. The highest BCUT2D eigenvalue weighted by Gasteiger charge is 2.57. The van der Waals surface area contributed by atoms with Gasteiger partial charge in [0, 0.05) is 0 Å². The number of allylic oxidation sites excluding steroid dienone is 3. The van der Waals surface area contributed by atoms with E-state index in [9.17, 15) is 15.3 Å². The maximum Gasteiger partial charge on any atom is 0.196 e. The summed E-state index contributed by atoms with van der Waals surface area (Å²) < 4.78 is 0. The second-order valence-electron chi connectivity index (χ2n) is 8.29. The second-order valence-corrected chi connectivity index (χ2v) is 8.29. The molecule has 3 N–H and O–H groups in total. The van der Waals surface area contributed by atoms with Crippen molar-refractivity contribution in [3.8, 4) is 0 Å². The third kappa shape index (κ3) is 1.57. The van der Waals surface area contributed by atoms with Crippen LogP contribution in [0.5, 0.6) is 0 Å². The smallest absolute Gasteiger partial charge is 0.196 e. The van der Waals surface area contributed by atoms with Crippen LogP contribution in [0.15, 0.2) is 35.0 Å². The minimum atomic E-state index is -0.539. The minimum absolute atomic E-state index is 0.0324. The van der Waals surface area contributed by atoms with E-state index in [1.807, 2.05) is 6.92 Å². The zero-order valence-corrected chi connectivity index (χ0v) is 13.5. The number of aliphatic hydroxyl groups is 3. The maximum absolute atomic E-state index is 10.6. The monoisotopic (exact) mass is 302 g/mol. The van der Waals surface area contributed by atoms with Gasteiger partial charge in [0.15, 0.2) is 11.5 Å². The van der Waals surface area contributed by atoms with Gasteiger partial charge in [-0.2, -0.15) is 0 Å². The molecule has 0 bridgehead atoms.